The van der Waals surface area contributed by atoms with Crippen LogP contribution in [-0.4, -0.2) is 11.3 Å². The zero-order chi connectivity index (χ0) is 42.1. The van der Waals surface area contributed by atoms with Gasteiger partial charge in [-0.05, 0) is 116 Å². The lowest BCUT2D eigenvalue weighted by atomic mass is 9.33. The van der Waals surface area contributed by atoms with Gasteiger partial charge in [-0.15, -0.1) is 0 Å². The first-order valence-corrected chi connectivity index (χ1v) is 22.1. The molecule has 2 aliphatic heterocycles. The molecule has 11 aromatic rings. The molecule has 0 N–H and O–H groups in total. The molecule has 0 saturated carbocycles. The first-order chi connectivity index (χ1) is 31.8. The summed E-state index contributed by atoms with van der Waals surface area (Å²) in [4.78, 5) is 5.07. The molecule has 0 fully saturated rings. The quantitative estimate of drug-likeness (QED) is 0.155. The van der Waals surface area contributed by atoms with Gasteiger partial charge in [0.2, 0.25) is 0 Å². The minimum atomic E-state index is -0.0449. The number of para-hydroxylation sites is 2. The fraction of sp³-hybridized carbons (Fsp3) is 0. The first kappa shape index (κ1) is 36.3. The number of fused-ring (bicyclic) bond motifs is 8. The lowest BCUT2D eigenvalue weighted by molar-refractivity contribution is 1.18. The molecule has 298 valence electrons. The van der Waals surface area contributed by atoms with Crippen LogP contribution >= 0.6 is 0 Å². The van der Waals surface area contributed by atoms with Gasteiger partial charge in [-0.2, -0.15) is 0 Å². The van der Waals surface area contributed by atoms with Gasteiger partial charge in [0.05, 0.1) is 16.7 Å². The SMILES string of the molecule is c1ccc(-c2ccc(N3c4cccc5c4B(c4cc(-c6ccccc6)ccc4N5c4cccc(-c5ccccc5)c4)c4ccc5c(c43)c3ccccc3n5-c3ccccc3)cc2)cc1. The maximum absolute atomic E-state index is 2.56. The molecule has 0 unspecified atom stereocenters. The van der Waals surface area contributed by atoms with Gasteiger partial charge in [-0.1, -0.05) is 176 Å². The van der Waals surface area contributed by atoms with Crippen molar-refractivity contribution in [1.29, 1.82) is 0 Å². The zero-order valence-electron chi connectivity index (χ0n) is 35.0. The van der Waals surface area contributed by atoms with E-state index in [1.165, 1.54) is 94.3 Å². The van der Waals surface area contributed by atoms with Crippen LogP contribution in [0.2, 0.25) is 0 Å². The highest BCUT2D eigenvalue weighted by molar-refractivity contribution is 7.00. The summed E-state index contributed by atoms with van der Waals surface area (Å²) in [6.45, 7) is -0.0449. The Hall–Kier alpha value is -8.34. The molecule has 0 atom stereocenters. The molecular weight excluding hydrogens is 773 g/mol. The van der Waals surface area contributed by atoms with Crippen molar-refractivity contribution < 1.29 is 0 Å². The van der Waals surface area contributed by atoms with Crippen molar-refractivity contribution in [3.05, 3.63) is 243 Å². The molecule has 10 aromatic carbocycles. The molecule has 0 spiro atoms. The minimum absolute atomic E-state index is 0.0449. The van der Waals surface area contributed by atoms with Crippen LogP contribution in [0.3, 0.4) is 0 Å². The van der Waals surface area contributed by atoms with Crippen LogP contribution < -0.4 is 26.2 Å². The predicted octanol–water partition coefficient (Wildman–Crippen LogP) is 13.9. The van der Waals surface area contributed by atoms with Crippen molar-refractivity contribution >= 4 is 79.0 Å². The van der Waals surface area contributed by atoms with Crippen molar-refractivity contribution in [3.63, 3.8) is 0 Å². The first-order valence-electron chi connectivity index (χ1n) is 22.1. The average molecular weight is 814 g/mol. The van der Waals surface area contributed by atoms with Gasteiger partial charge in [0.25, 0.3) is 6.71 Å². The van der Waals surface area contributed by atoms with Gasteiger partial charge in [0.1, 0.15) is 0 Å². The average Bonchev–Trinajstić information content (AvgIpc) is 3.72. The fourth-order valence-corrected chi connectivity index (χ4v) is 10.6. The van der Waals surface area contributed by atoms with E-state index in [9.17, 15) is 0 Å². The Morgan fingerprint density at radius 3 is 1.53 bits per heavy atom. The number of anilines is 6. The van der Waals surface area contributed by atoms with Gasteiger partial charge in [-0.3, -0.25) is 0 Å². The van der Waals surface area contributed by atoms with E-state index in [1.54, 1.807) is 0 Å². The Morgan fingerprint density at radius 2 is 0.828 bits per heavy atom. The highest BCUT2D eigenvalue weighted by atomic mass is 15.2. The maximum atomic E-state index is 2.56. The van der Waals surface area contributed by atoms with Crippen molar-refractivity contribution in [2.75, 3.05) is 9.80 Å². The number of hydrogen-bond donors (Lipinski definition) is 0. The number of nitrogens with zero attached hydrogens (tertiary/aromatic N) is 3. The summed E-state index contributed by atoms with van der Waals surface area (Å²) in [5, 5.41) is 2.48. The van der Waals surface area contributed by atoms with Crippen LogP contribution in [0.1, 0.15) is 0 Å². The number of rotatable bonds is 6. The highest BCUT2D eigenvalue weighted by Gasteiger charge is 2.44. The summed E-state index contributed by atoms with van der Waals surface area (Å²) in [5.41, 5.74) is 21.7. The summed E-state index contributed by atoms with van der Waals surface area (Å²) in [5.74, 6) is 0. The van der Waals surface area contributed by atoms with E-state index >= 15 is 0 Å². The molecule has 0 amide bonds. The Balaban J connectivity index is 1.12. The molecule has 2 aliphatic rings. The van der Waals surface area contributed by atoms with Crippen molar-refractivity contribution in [3.8, 4) is 39.1 Å². The van der Waals surface area contributed by atoms with Crippen molar-refractivity contribution in [2.45, 2.75) is 0 Å². The largest absolute Gasteiger partial charge is 0.311 e. The summed E-state index contributed by atoms with van der Waals surface area (Å²) in [6.07, 6.45) is 0. The molecule has 0 bridgehead atoms. The van der Waals surface area contributed by atoms with Gasteiger partial charge >= 0.3 is 0 Å². The molecule has 0 aliphatic carbocycles. The highest BCUT2D eigenvalue weighted by Crippen LogP contribution is 2.49. The summed E-state index contributed by atoms with van der Waals surface area (Å²) in [6, 6.07) is 89.1. The number of hydrogen-bond acceptors (Lipinski definition) is 2. The summed E-state index contributed by atoms with van der Waals surface area (Å²) in [7, 11) is 0. The Labute approximate surface area is 373 Å². The standard InChI is InChI=1S/C60H40BN3/c1-5-17-41(18-6-1)44-31-34-48(35-32-44)64-57-30-16-29-56-59(57)61(51-36-38-55-58(60(51)64)50-27-13-14-28-53(50)62(55)47-24-11-4-12-25-47)52-40-46(43-21-9-3-10-22-43)33-37-54(52)63(56)49-26-15-23-45(39-49)42-19-7-2-8-20-42/h1-40H. The third-order valence-electron chi connectivity index (χ3n) is 13.4. The van der Waals surface area contributed by atoms with Gasteiger partial charge in [-0.25, -0.2) is 0 Å². The molecule has 0 saturated heterocycles. The smallest absolute Gasteiger partial charge is 0.252 e. The second-order valence-electron chi connectivity index (χ2n) is 16.9. The normalized spacial score (nSPS) is 12.6. The van der Waals surface area contributed by atoms with Gasteiger partial charge < -0.3 is 14.4 Å². The zero-order valence-corrected chi connectivity index (χ0v) is 35.0. The molecule has 0 radical (unpaired) electrons. The second-order valence-corrected chi connectivity index (χ2v) is 16.9. The van der Waals surface area contributed by atoms with Crippen LogP contribution in [0, 0.1) is 0 Å². The Kier molecular flexibility index (Phi) is 8.32. The lowest BCUT2D eigenvalue weighted by Crippen LogP contribution is -2.61. The number of benzene rings is 10. The molecule has 64 heavy (non-hydrogen) atoms. The third-order valence-corrected chi connectivity index (χ3v) is 13.4. The molecule has 3 nitrogen and oxygen atoms in total. The monoisotopic (exact) mass is 813 g/mol. The topological polar surface area (TPSA) is 11.4 Å². The molecule has 4 heteroatoms. The third kappa shape index (κ3) is 5.63. The van der Waals surface area contributed by atoms with Crippen LogP contribution in [0.25, 0.3) is 60.9 Å². The molecule has 1 aromatic heterocycles. The van der Waals surface area contributed by atoms with Crippen molar-refractivity contribution in [1.82, 2.24) is 4.57 Å². The molecular formula is C60H40BN3. The Morgan fingerprint density at radius 1 is 0.297 bits per heavy atom. The van der Waals surface area contributed by atoms with E-state index in [4.69, 9.17) is 0 Å². The van der Waals surface area contributed by atoms with Crippen LogP contribution in [-0.2, 0) is 0 Å². The van der Waals surface area contributed by atoms with E-state index in [0.29, 0.717) is 0 Å². The fourth-order valence-electron chi connectivity index (χ4n) is 10.6. The van der Waals surface area contributed by atoms with E-state index in [2.05, 4.69) is 257 Å². The summed E-state index contributed by atoms with van der Waals surface area (Å²) < 4.78 is 2.44. The van der Waals surface area contributed by atoms with E-state index in [0.717, 1.165) is 17.1 Å². The second kappa shape index (κ2) is 14.6. The van der Waals surface area contributed by atoms with Gasteiger partial charge in [0, 0.05) is 44.9 Å². The summed E-state index contributed by atoms with van der Waals surface area (Å²) >= 11 is 0. The van der Waals surface area contributed by atoms with Crippen LogP contribution in [0.5, 0.6) is 0 Å². The number of aromatic nitrogens is 1. The molecule has 13 rings (SSSR count). The molecule has 3 heterocycles. The Bertz CT molecular complexity index is 3550. The van der Waals surface area contributed by atoms with E-state index in [-0.39, 0.29) is 6.71 Å². The maximum Gasteiger partial charge on any atom is 0.252 e. The lowest BCUT2D eigenvalue weighted by Gasteiger charge is -2.44. The van der Waals surface area contributed by atoms with E-state index in [1.807, 2.05) is 0 Å². The predicted molar refractivity (Wildman–Crippen MR) is 271 cm³/mol. The van der Waals surface area contributed by atoms with Gasteiger partial charge in [0.15, 0.2) is 0 Å². The minimum Gasteiger partial charge on any atom is -0.311 e. The van der Waals surface area contributed by atoms with Crippen molar-refractivity contribution in [2.24, 2.45) is 0 Å². The van der Waals surface area contributed by atoms with E-state index < -0.39 is 0 Å². The van der Waals surface area contributed by atoms with Crippen LogP contribution in [0.15, 0.2) is 243 Å². The van der Waals surface area contributed by atoms with Crippen LogP contribution in [0.4, 0.5) is 34.1 Å².